The van der Waals surface area contributed by atoms with Crippen molar-refractivity contribution in [1.82, 2.24) is 9.13 Å². The summed E-state index contributed by atoms with van der Waals surface area (Å²) in [4.78, 5) is 24.5. The van der Waals surface area contributed by atoms with E-state index in [-0.39, 0.29) is 11.2 Å². The normalized spacial score (nSPS) is 29.1. The number of hydrogen-bond acceptors (Lipinski definition) is 2. The molecule has 19 heavy (non-hydrogen) atoms. The maximum absolute atomic E-state index is 12.3. The third kappa shape index (κ3) is 2.30. The van der Waals surface area contributed by atoms with Crippen LogP contribution in [0.25, 0.3) is 0 Å². The largest absolute Gasteiger partial charge is 0.331 e. The van der Waals surface area contributed by atoms with Gasteiger partial charge >= 0.3 is 5.69 Å². The highest BCUT2D eigenvalue weighted by Crippen LogP contribution is 2.48. The fourth-order valence-corrected chi connectivity index (χ4v) is 4.47. The Morgan fingerprint density at radius 2 is 2.11 bits per heavy atom. The van der Waals surface area contributed by atoms with Gasteiger partial charge in [0.2, 0.25) is 0 Å². The lowest BCUT2D eigenvalue weighted by Crippen LogP contribution is -2.42. The van der Waals surface area contributed by atoms with Crippen molar-refractivity contribution in [1.29, 1.82) is 0 Å². The number of fused-ring (bicyclic) bond motifs is 2. The third-order valence-corrected chi connectivity index (χ3v) is 5.58. The van der Waals surface area contributed by atoms with Gasteiger partial charge in [0.1, 0.15) is 0 Å². The topological polar surface area (TPSA) is 44.0 Å². The number of rotatable bonds is 3. The smallest absolute Gasteiger partial charge is 0.300 e. The van der Waals surface area contributed by atoms with E-state index in [0.29, 0.717) is 22.6 Å². The average molecular weight is 374 g/mol. The van der Waals surface area contributed by atoms with Gasteiger partial charge in [-0.2, -0.15) is 0 Å². The Labute approximate surface area is 126 Å². The molecule has 2 saturated carbocycles. The van der Waals surface area contributed by atoms with Crippen molar-refractivity contribution in [3.63, 3.8) is 0 Å². The van der Waals surface area contributed by atoms with Crippen LogP contribution >= 0.6 is 22.6 Å². The number of halogens is 1. The summed E-state index contributed by atoms with van der Waals surface area (Å²) >= 11 is 2.03. The van der Waals surface area contributed by atoms with Crippen LogP contribution in [-0.2, 0) is 13.1 Å². The molecule has 2 bridgehead atoms. The molecule has 0 radical (unpaired) electrons. The van der Waals surface area contributed by atoms with Gasteiger partial charge in [-0.05, 0) is 66.5 Å². The first-order valence-electron chi connectivity index (χ1n) is 7.10. The molecule has 3 atom stereocenters. The van der Waals surface area contributed by atoms with E-state index in [9.17, 15) is 9.59 Å². The Morgan fingerprint density at radius 1 is 1.32 bits per heavy atom. The van der Waals surface area contributed by atoms with Crippen molar-refractivity contribution in [2.75, 3.05) is 0 Å². The fraction of sp³-hybridized carbons (Fsp3) is 0.714. The SMILES string of the molecule is CCn1cc(I)c(=O)n(CC2CC3CCC2C3)c1=O. The maximum Gasteiger partial charge on any atom is 0.331 e. The molecular formula is C14H19IN2O2. The van der Waals surface area contributed by atoms with Crippen LogP contribution in [0.1, 0.15) is 32.6 Å². The average Bonchev–Trinajstić information content (AvgIpc) is 3.01. The summed E-state index contributed by atoms with van der Waals surface area (Å²) in [6.07, 6.45) is 6.82. The summed E-state index contributed by atoms with van der Waals surface area (Å²) in [5.74, 6) is 2.12. The van der Waals surface area contributed by atoms with Crippen LogP contribution in [0.15, 0.2) is 15.8 Å². The fourth-order valence-electron chi connectivity index (χ4n) is 3.84. The second-order valence-corrected chi connectivity index (χ2v) is 7.06. The molecular weight excluding hydrogens is 355 g/mol. The second kappa shape index (κ2) is 5.07. The molecule has 0 spiro atoms. The zero-order chi connectivity index (χ0) is 13.6. The highest BCUT2D eigenvalue weighted by molar-refractivity contribution is 14.1. The molecule has 3 unspecified atom stereocenters. The van der Waals surface area contributed by atoms with Gasteiger partial charge in [-0.1, -0.05) is 6.42 Å². The number of aromatic nitrogens is 2. The molecule has 1 aromatic rings. The van der Waals surface area contributed by atoms with Crippen LogP contribution in [0.5, 0.6) is 0 Å². The van der Waals surface area contributed by atoms with E-state index in [4.69, 9.17) is 0 Å². The third-order valence-electron chi connectivity index (χ3n) is 4.84. The Kier molecular flexibility index (Phi) is 3.57. The highest BCUT2D eigenvalue weighted by Gasteiger charge is 2.39. The van der Waals surface area contributed by atoms with Gasteiger partial charge in [0.05, 0.1) is 3.57 Å². The molecule has 1 aromatic heterocycles. The van der Waals surface area contributed by atoms with E-state index < -0.39 is 0 Å². The Bertz CT molecular complexity index is 604. The van der Waals surface area contributed by atoms with Crippen molar-refractivity contribution < 1.29 is 0 Å². The summed E-state index contributed by atoms with van der Waals surface area (Å²) in [5, 5.41) is 0. The molecule has 104 valence electrons. The molecule has 0 saturated heterocycles. The van der Waals surface area contributed by atoms with Crippen molar-refractivity contribution in [2.24, 2.45) is 17.8 Å². The molecule has 2 aliphatic carbocycles. The highest BCUT2D eigenvalue weighted by atomic mass is 127. The number of nitrogens with zero attached hydrogens (tertiary/aromatic N) is 2. The van der Waals surface area contributed by atoms with Gasteiger partial charge in [0.25, 0.3) is 5.56 Å². The lowest BCUT2D eigenvalue weighted by molar-refractivity contribution is 0.286. The molecule has 2 fully saturated rings. The lowest BCUT2D eigenvalue weighted by atomic mass is 9.89. The summed E-state index contributed by atoms with van der Waals surface area (Å²) in [5.41, 5.74) is -0.256. The van der Waals surface area contributed by atoms with E-state index >= 15 is 0 Å². The lowest BCUT2D eigenvalue weighted by Gasteiger charge is -2.22. The van der Waals surface area contributed by atoms with Gasteiger partial charge in [-0.3, -0.25) is 13.9 Å². The summed E-state index contributed by atoms with van der Waals surface area (Å²) in [6, 6.07) is 0. The first kappa shape index (κ1) is 13.4. The molecule has 4 nitrogen and oxygen atoms in total. The minimum Gasteiger partial charge on any atom is -0.300 e. The molecule has 5 heteroatoms. The molecule has 1 heterocycles. The quantitative estimate of drug-likeness (QED) is 0.761. The number of hydrogen-bond donors (Lipinski definition) is 0. The Morgan fingerprint density at radius 3 is 2.68 bits per heavy atom. The van der Waals surface area contributed by atoms with Crippen molar-refractivity contribution >= 4 is 22.6 Å². The standard InChI is InChI=1S/C14H19IN2O2/c1-2-16-8-12(15)13(18)17(14(16)19)7-11-6-9-3-4-10(11)5-9/h8-11H,2-7H2,1H3. The Balaban J connectivity index is 1.94. The monoisotopic (exact) mass is 374 g/mol. The zero-order valence-electron chi connectivity index (χ0n) is 11.1. The van der Waals surface area contributed by atoms with Crippen LogP contribution in [0.4, 0.5) is 0 Å². The van der Waals surface area contributed by atoms with Gasteiger partial charge in [-0.15, -0.1) is 0 Å². The first-order valence-corrected chi connectivity index (χ1v) is 8.17. The minimum absolute atomic E-state index is 0.113. The Hall–Kier alpha value is -0.590. The molecule has 0 N–H and O–H groups in total. The summed E-state index contributed by atoms with van der Waals surface area (Å²) < 4.78 is 3.75. The van der Waals surface area contributed by atoms with Gasteiger partial charge < -0.3 is 0 Å². The van der Waals surface area contributed by atoms with E-state index in [2.05, 4.69) is 0 Å². The molecule has 0 aliphatic heterocycles. The van der Waals surface area contributed by atoms with Crippen LogP contribution in [0.2, 0.25) is 0 Å². The van der Waals surface area contributed by atoms with E-state index in [1.165, 1.54) is 30.3 Å². The van der Waals surface area contributed by atoms with Crippen LogP contribution in [0, 0.1) is 21.3 Å². The summed E-state index contributed by atoms with van der Waals surface area (Å²) in [7, 11) is 0. The number of aryl methyl sites for hydroxylation is 1. The van der Waals surface area contributed by atoms with Crippen LogP contribution in [0.3, 0.4) is 0 Å². The minimum atomic E-state index is -0.143. The van der Waals surface area contributed by atoms with E-state index in [0.717, 1.165) is 11.8 Å². The van der Waals surface area contributed by atoms with Crippen molar-refractivity contribution in [2.45, 2.75) is 45.7 Å². The van der Waals surface area contributed by atoms with E-state index in [1.54, 1.807) is 10.8 Å². The van der Waals surface area contributed by atoms with Crippen molar-refractivity contribution in [3.8, 4) is 0 Å². The molecule has 0 amide bonds. The van der Waals surface area contributed by atoms with Crippen LogP contribution < -0.4 is 11.2 Å². The zero-order valence-corrected chi connectivity index (χ0v) is 13.3. The van der Waals surface area contributed by atoms with Gasteiger partial charge in [0, 0.05) is 19.3 Å². The molecule has 3 rings (SSSR count). The van der Waals surface area contributed by atoms with Crippen LogP contribution in [-0.4, -0.2) is 9.13 Å². The predicted octanol–water partition coefficient (Wildman–Crippen LogP) is 2.07. The maximum atomic E-state index is 12.3. The first-order chi connectivity index (χ1) is 9.10. The summed E-state index contributed by atoms with van der Waals surface area (Å²) in [6.45, 7) is 3.17. The van der Waals surface area contributed by atoms with Gasteiger partial charge in [-0.25, -0.2) is 4.79 Å². The van der Waals surface area contributed by atoms with E-state index in [1.807, 2.05) is 29.5 Å². The van der Waals surface area contributed by atoms with Gasteiger partial charge in [0.15, 0.2) is 0 Å². The van der Waals surface area contributed by atoms with Crippen molar-refractivity contribution in [3.05, 3.63) is 30.6 Å². The second-order valence-electron chi connectivity index (χ2n) is 5.90. The predicted molar refractivity (Wildman–Crippen MR) is 82.3 cm³/mol. The molecule has 2 aliphatic rings. The molecule has 0 aromatic carbocycles.